The van der Waals surface area contributed by atoms with Crippen LogP contribution in [0.25, 0.3) is 0 Å². The van der Waals surface area contributed by atoms with Gasteiger partial charge in [0.1, 0.15) is 0 Å². The highest BCUT2D eigenvalue weighted by Crippen LogP contribution is 2.38. The van der Waals surface area contributed by atoms with Gasteiger partial charge >= 0.3 is 0 Å². The van der Waals surface area contributed by atoms with Crippen molar-refractivity contribution in [3.63, 3.8) is 0 Å². The number of alkyl halides is 1. The summed E-state index contributed by atoms with van der Waals surface area (Å²) >= 11 is 9.81. The molecule has 1 heterocycles. The Balaban J connectivity index is 1.94. The topological polar surface area (TPSA) is 18.5 Å². The van der Waals surface area contributed by atoms with Crippen molar-refractivity contribution in [3.05, 3.63) is 58.1 Å². The first-order chi connectivity index (χ1) is 10.1. The van der Waals surface area contributed by atoms with Crippen LogP contribution in [0.2, 0.25) is 5.02 Å². The molecule has 0 N–H and O–H groups in total. The fraction of sp³-hybridized carbons (Fsp3) is 0.294. The molecule has 2 nitrogen and oxygen atoms in total. The summed E-state index contributed by atoms with van der Waals surface area (Å²) in [5.74, 6) is 1.64. The van der Waals surface area contributed by atoms with Crippen LogP contribution in [0.1, 0.15) is 27.9 Å². The lowest BCUT2D eigenvalue weighted by Gasteiger charge is -2.16. The monoisotopic (exact) mass is 366 g/mol. The third-order valence-corrected chi connectivity index (χ3v) is 4.83. The van der Waals surface area contributed by atoms with Crippen LogP contribution in [0, 0.1) is 6.92 Å². The van der Waals surface area contributed by atoms with E-state index in [1.165, 1.54) is 5.56 Å². The largest absolute Gasteiger partial charge is 0.490 e. The van der Waals surface area contributed by atoms with Crippen LogP contribution < -0.4 is 9.47 Å². The van der Waals surface area contributed by atoms with Gasteiger partial charge in [-0.2, -0.15) is 0 Å². The molecule has 2 aromatic carbocycles. The van der Waals surface area contributed by atoms with E-state index < -0.39 is 0 Å². The Bertz CT molecular complexity index is 657. The van der Waals surface area contributed by atoms with Crippen molar-refractivity contribution in [2.24, 2.45) is 0 Å². The quantitative estimate of drug-likeness (QED) is 0.671. The molecule has 0 saturated carbocycles. The highest BCUT2D eigenvalue weighted by atomic mass is 79.9. The lowest BCUT2D eigenvalue weighted by atomic mass is 10.00. The van der Waals surface area contributed by atoms with E-state index in [9.17, 15) is 0 Å². The molecule has 0 aliphatic carbocycles. The predicted octanol–water partition coefficient (Wildman–Crippen LogP) is 5.29. The van der Waals surface area contributed by atoms with Crippen LogP contribution in [0.3, 0.4) is 0 Å². The fourth-order valence-corrected chi connectivity index (χ4v) is 3.47. The van der Waals surface area contributed by atoms with Crippen LogP contribution in [0.15, 0.2) is 36.4 Å². The molecule has 1 unspecified atom stereocenters. The van der Waals surface area contributed by atoms with Crippen molar-refractivity contribution in [2.45, 2.75) is 18.2 Å². The molecule has 21 heavy (non-hydrogen) atoms. The second kappa shape index (κ2) is 6.29. The van der Waals surface area contributed by atoms with Crippen LogP contribution in [-0.4, -0.2) is 13.2 Å². The highest BCUT2D eigenvalue weighted by Gasteiger charge is 2.17. The van der Waals surface area contributed by atoms with E-state index in [0.717, 1.165) is 34.1 Å². The molecule has 0 amide bonds. The Morgan fingerprint density at radius 2 is 1.81 bits per heavy atom. The fourth-order valence-electron chi connectivity index (χ4n) is 2.44. The zero-order valence-electron chi connectivity index (χ0n) is 11.7. The van der Waals surface area contributed by atoms with Crippen molar-refractivity contribution >= 4 is 27.5 Å². The molecule has 2 aromatic rings. The second-order valence-corrected chi connectivity index (χ2v) is 6.47. The second-order valence-electron chi connectivity index (χ2n) is 5.12. The standard InChI is InChI=1S/C17H16BrClO2/c1-11-9-13(19)4-5-14(11)17(18)12-3-6-15-16(10-12)21-8-2-7-20-15/h3-6,9-10,17H,2,7-8H2,1H3. The van der Waals surface area contributed by atoms with Gasteiger partial charge in [-0.15, -0.1) is 0 Å². The van der Waals surface area contributed by atoms with Crippen molar-refractivity contribution in [1.29, 1.82) is 0 Å². The lowest BCUT2D eigenvalue weighted by Crippen LogP contribution is -1.98. The maximum absolute atomic E-state index is 6.03. The molecule has 0 aromatic heterocycles. The molecule has 0 radical (unpaired) electrons. The SMILES string of the molecule is Cc1cc(Cl)ccc1C(Br)c1ccc2c(c1)OCCCO2. The first kappa shape index (κ1) is 14.7. The summed E-state index contributed by atoms with van der Waals surface area (Å²) in [4.78, 5) is 0.104. The van der Waals surface area contributed by atoms with E-state index in [2.05, 4.69) is 35.0 Å². The minimum Gasteiger partial charge on any atom is -0.490 e. The minimum absolute atomic E-state index is 0.104. The van der Waals surface area contributed by atoms with Crippen molar-refractivity contribution in [3.8, 4) is 11.5 Å². The van der Waals surface area contributed by atoms with Gasteiger partial charge in [-0.3, -0.25) is 0 Å². The van der Waals surface area contributed by atoms with Gasteiger partial charge in [-0.1, -0.05) is 39.7 Å². The van der Waals surface area contributed by atoms with Gasteiger partial charge in [0.2, 0.25) is 0 Å². The van der Waals surface area contributed by atoms with E-state index in [1.807, 2.05) is 24.3 Å². The van der Waals surface area contributed by atoms with E-state index in [0.29, 0.717) is 13.2 Å². The van der Waals surface area contributed by atoms with Crippen molar-refractivity contribution < 1.29 is 9.47 Å². The molecule has 110 valence electrons. The average molecular weight is 368 g/mol. The van der Waals surface area contributed by atoms with E-state index in [1.54, 1.807) is 0 Å². The molecule has 3 rings (SSSR count). The average Bonchev–Trinajstić information content (AvgIpc) is 2.71. The summed E-state index contributed by atoms with van der Waals surface area (Å²) < 4.78 is 11.4. The highest BCUT2D eigenvalue weighted by molar-refractivity contribution is 9.09. The summed E-state index contributed by atoms with van der Waals surface area (Å²) in [5, 5.41) is 0.759. The van der Waals surface area contributed by atoms with Gasteiger partial charge < -0.3 is 9.47 Å². The molecule has 0 saturated heterocycles. The molecule has 1 aliphatic rings. The summed E-state index contributed by atoms with van der Waals surface area (Å²) in [6, 6.07) is 12.1. The number of halogens is 2. The zero-order valence-corrected chi connectivity index (χ0v) is 14.1. The van der Waals surface area contributed by atoms with Gasteiger partial charge in [0.25, 0.3) is 0 Å². The number of aryl methyl sites for hydroxylation is 1. The summed E-state index contributed by atoms with van der Waals surface area (Å²) in [6.45, 7) is 3.47. The van der Waals surface area contributed by atoms with Crippen LogP contribution >= 0.6 is 27.5 Å². The maximum atomic E-state index is 6.03. The smallest absolute Gasteiger partial charge is 0.161 e. The summed E-state index contributed by atoms with van der Waals surface area (Å²) in [7, 11) is 0. The molecular weight excluding hydrogens is 352 g/mol. The van der Waals surface area contributed by atoms with Crippen LogP contribution in [0.4, 0.5) is 0 Å². The van der Waals surface area contributed by atoms with Gasteiger partial charge in [0.05, 0.1) is 18.0 Å². The number of fused-ring (bicyclic) bond motifs is 1. The number of benzene rings is 2. The number of hydrogen-bond acceptors (Lipinski definition) is 2. The van der Waals surface area contributed by atoms with Crippen molar-refractivity contribution in [1.82, 2.24) is 0 Å². The Morgan fingerprint density at radius 1 is 1.05 bits per heavy atom. The van der Waals surface area contributed by atoms with Crippen molar-refractivity contribution in [2.75, 3.05) is 13.2 Å². The lowest BCUT2D eigenvalue weighted by molar-refractivity contribution is 0.297. The minimum atomic E-state index is 0.104. The molecule has 0 spiro atoms. The van der Waals surface area contributed by atoms with Crippen LogP contribution in [-0.2, 0) is 0 Å². The predicted molar refractivity (Wildman–Crippen MR) is 89.0 cm³/mol. The number of ether oxygens (including phenoxy) is 2. The Kier molecular flexibility index (Phi) is 4.41. The third-order valence-electron chi connectivity index (χ3n) is 3.57. The number of rotatable bonds is 2. The molecule has 4 heteroatoms. The Hall–Kier alpha value is -1.19. The third kappa shape index (κ3) is 3.19. The summed E-state index contributed by atoms with van der Waals surface area (Å²) in [5.41, 5.74) is 3.51. The van der Waals surface area contributed by atoms with E-state index >= 15 is 0 Å². The molecule has 0 bridgehead atoms. The van der Waals surface area contributed by atoms with Gasteiger partial charge in [-0.25, -0.2) is 0 Å². The van der Waals surface area contributed by atoms with Gasteiger partial charge in [-0.05, 0) is 47.9 Å². The first-order valence-electron chi connectivity index (χ1n) is 6.95. The maximum Gasteiger partial charge on any atom is 0.161 e. The summed E-state index contributed by atoms with van der Waals surface area (Å²) in [6.07, 6.45) is 0.915. The van der Waals surface area contributed by atoms with Gasteiger partial charge in [0, 0.05) is 11.4 Å². The molecule has 1 aliphatic heterocycles. The van der Waals surface area contributed by atoms with Crippen LogP contribution in [0.5, 0.6) is 11.5 Å². The Labute approximate surface area is 138 Å². The zero-order chi connectivity index (χ0) is 14.8. The first-order valence-corrected chi connectivity index (χ1v) is 8.24. The van der Waals surface area contributed by atoms with E-state index in [-0.39, 0.29) is 4.83 Å². The molecule has 0 fully saturated rings. The normalized spacial score (nSPS) is 15.4. The number of hydrogen-bond donors (Lipinski definition) is 0. The van der Waals surface area contributed by atoms with E-state index in [4.69, 9.17) is 21.1 Å². The molecular formula is C17H16BrClO2. The van der Waals surface area contributed by atoms with Gasteiger partial charge in [0.15, 0.2) is 11.5 Å². The molecule has 1 atom stereocenters. The Morgan fingerprint density at radius 3 is 2.57 bits per heavy atom.